The van der Waals surface area contributed by atoms with E-state index in [-0.39, 0.29) is 5.60 Å². The number of hydrogen-bond donors (Lipinski definition) is 1. The number of piperidine rings is 1. The molecule has 1 aliphatic heterocycles. The van der Waals surface area contributed by atoms with E-state index >= 15 is 0 Å². The largest absolute Gasteiger partial charge is 0.377 e. The van der Waals surface area contributed by atoms with Gasteiger partial charge in [-0.1, -0.05) is 20.3 Å². The van der Waals surface area contributed by atoms with Crippen LogP contribution in [-0.2, 0) is 4.74 Å². The maximum Gasteiger partial charge on any atom is 0.0828 e. The second kappa shape index (κ2) is 4.24. The van der Waals surface area contributed by atoms with Gasteiger partial charge in [-0.15, -0.1) is 0 Å². The van der Waals surface area contributed by atoms with Crippen molar-refractivity contribution in [2.45, 2.75) is 38.7 Å². The van der Waals surface area contributed by atoms with Gasteiger partial charge in [-0.05, 0) is 25.3 Å². The molecule has 2 heteroatoms. The fourth-order valence-corrected chi connectivity index (χ4v) is 2.07. The van der Waals surface area contributed by atoms with E-state index in [2.05, 4.69) is 19.2 Å². The van der Waals surface area contributed by atoms with E-state index in [1.54, 1.807) is 0 Å². The van der Waals surface area contributed by atoms with Gasteiger partial charge in [0, 0.05) is 13.7 Å². The first kappa shape index (κ1) is 10.0. The van der Waals surface area contributed by atoms with E-state index in [4.69, 9.17) is 4.74 Å². The molecule has 1 rings (SSSR count). The zero-order valence-electron chi connectivity index (χ0n) is 8.52. The topological polar surface area (TPSA) is 21.3 Å². The molecule has 2 atom stereocenters. The SMILES string of the molecule is CCC(C)C1(OC)CCCNC1. The molecule has 0 aromatic rings. The minimum absolute atomic E-state index is 0.118. The molecule has 12 heavy (non-hydrogen) atoms. The third kappa shape index (κ3) is 1.80. The molecule has 0 saturated carbocycles. The maximum atomic E-state index is 5.67. The molecule has 1 fully saturated rings. The minimum Gasteiger partial charge on any atom is -0.377 e. The van der Waals surface area contributed by atoms with Gasteiger partial charge in [0.2, 0.25) is 0 Å². The van der Waals surface area contributed by atoms with Crippen LogP contribution >= 0.6 is 0 Å². The highest BCUT2D eigenvalue weighted by molar-refractivity contribution is 4.90. The summed E-state index contributed by atoms with van der Waals surface area (Å²) in [6, 6.07) is 0. The van der Waals surface area contributed by atoms with Gasteiger partial charge in [0.15, 0.2) is 0 Å². The predicted molar refractivity (Wildman–Crippen MR) is 51.3 cm³/mol. The Morgan fingerprint density at radius 1 is 1.58 bits per heavy atom. The summed E-state index contributed by atoms with van der Waals surface area (Å²) >= 11 is 0. The van der Waals surface area contributed by atoms with Gasteiger partial charge in [0.1, 0.15) is 0 Å². The number of hydrogen-bond acceptors (Lipinski definition) is 2. The van der Waals surface area contributed by atoms with Crippen molar-refractivity contribution in [2.24, 2.45) is 5.92 Å². The lowest BCUT2D eigenvalue weighted by Gasteiger charge is -2.41. The average Bonchev–Trinajstić information content (AvgIpc) is 2.17. The lowest BCUT2D eigenvalue weighted by atomic mass is 9.81. The van der Waals surface area contributed by atoms with Crippen LogP contribution in [0.25, 0.3) is 0 Å². The molecule has 0 bridgehead atoms. The van der Waals surface area contributed by atoms with Gasteiger partial charge < -0.3 is 10.1 Å². The molecule has 0 aromatic carbocycles. The molecule has 0 amide bonds. The predicted octanol–water partition coefficient (Wildman–Crippen LogP) is 1.80. The number of nitrogens with one attached hydrogen (secondary N) is 1. The lowest BCUT2D eigenvalue weighted by Crippen LogP contribution is -2.51. The fourth-order valence-electron chi connectivity index (χ4n) is 2.07. The van der Waals surface area contributed by atoms with Crippen molar-refractivity contribution in [3.05, 3.63) is 0 Å². The van der Waals surface area contributed by atoms with Gasteiger partial charge in [-0.3, -0.25) is 0 Å². The van der Waals surface area contributed by atoms with Crippen molar-refractivity contribution in [1.82, 2.24) is 5.32 Å². The van der Waals surface area contributed by atoms with Gasteiger partial charge in [-0.2, -0.15) is 0 Å². The van der Waals surface area contributed by atoms with E-state index in [9.17, 15) is 0 Å². The molecule has 1 N–H and O–H groups in total. The molecular formula is C10H21NO. The Hall–Kier alpha value is -0.0800. The Bertz CT molecular complexity index is 130. The Morgan fingerprint density at radius 3 is 2.75 bits per heavy atom. The summed E-state index contributed by atoms with van der Waals surface area (Å²) in [7, 11) is 1.85. The first-order chi connectivity index (χ1) is 5.75. The van der Waals surface area contributed by atoms with E-state index in [1.807, 2.05) is 7.11 Å². The molecular weight excluding hydrogens is 150 g/mol. The zero-order chi connectivity index (χ0) is 9.03. The van der Waals surface area contributed by atoms with Crippen LogP contribution < -0.4 is 5.32 Å². The maximum absolute atomic E-state index is 5.67. The highest BCUT2D eigenvalue weighted by Gasteiger charge is 2.36. The summed E-state index contributed by atoms with van der Waals surface area (Å²) in [4.78, 5) is 0. The molecule has 2 nitrogen and oxygen atoms in total. The Balaban J connectivity index is 2.59. The summed E-state index contributed by atoms with van der Waals surface area (Å²) in [5.41, 5.74) is 0.118. The third-order valence-corrected chi connectivity index (χ3v) is 3.29. The average molecular weight is 171 g/mol. The number of methoxy groups -OCH3 is 1. The summed E-state index contributed by atoms with van der Waals surface area (Å²) in [6.45, 7) is 6.70. The summed E-state index contributed by atoms with van der Waals surface area (Å²) < 4.78 is 5.67. The normalized spacial score (nSPS) is 33.2. The van der Waals surface area contributed by atoms with Crippen LogP contribution in [0, 0.1) is 5.92 Å². The van der Waals surface area contributed by atoms with E-state index < -0.39 is 0 Å². The number of rotatable bonds is 3. The standard InChI is InChI=1S/C10H21NO/c1-4-9(2)10(12-3)6-5-7-11-8-10/h9,11H,4-8H2,1-3H3. The summed E-state index contributed by atoms with van der Waals surface area (Å²) in [6.07, 6.45) is 3.67. The van der Waals surface area contributed by atoms with Crippen LogP contribution in [0.1, 0.15) is 33.1 Å². The first-order valence-corrected chi connectivity index (χ1v) is 5.01. The van der Waals surface area contributed by atoms with Crippen LogP contribution in [0.3, 0.4) is 0 Å². The van der Waals surface area contributed by atoms with Crippen LogP contribution in [0.4, 0.5) is 0 Å². The van der Waals surface area contributed by atoms with Crippen LogP contribution in [0.15, 0.2) is 0 Å². The Morgan fingerprint density at radius 2 is 2.33 bits per heavy atom. The van der Waals surface area contributed by atoms with E-state index in [0.717, 1.165) is 13.1 Å². The smallest absolute Gasteiger partial charge is 0.0828 e. The Kier molecular flexibility index (Phi) is 3.53. The first-order valence-electron chi connectivity index (χ1n) is 5.01. The van der Waals surface area contributed by atoms with Crippen molar-refractivity contribution >= 4 is 0 Å². The lowest BCUT2D eigenvalue weighted by molar-refractivity contribution is -0.0695. The quantitative estimate of drug-likeness (QED) is 0.699. The van der Waals surface area contributed by atoms with Crippen molar-refractivity contribution < 1.29 is 4.74 Å². The highest BCUT2D eigenvalue weighted by atomic mass is 16.5. The molecule has 0 radical (unpaired) electrons. The molecule has 1 heterocycles. The monoisotopic (exact) mass is 171 g/mol. The fraction of sp³-hybridized carbons (Fsp3) is 1.00. The van der Waals surface area contributed by atoms with Crippen molar-refractivity contribution in [1.29, 1.82) is 0 Å². The van der Waals surface area contributed by atoms with Crippen molar-refractivity contribution in [2.75, 3.05) is 20.2 Å². The van der Waals surface area contributed by atoms with E-state index in [0.29, 0.717) is 5.92 Å². The van der Waals surface area contributed by atoms with Gasteiger partial charge in [-0.25, -0.2) is 0 Å². The van der Waals surface area contributed by atoms with Crippen LogP contribution in [-0.4, -0.2) is 25.8 Å². The van der Waals surface area contributed by atoms with Gasteiger partial charge in [0.25, 0.3) is 0 Å². The molecule has 72 valence electrons. The van der Waals surface area contributed by atoms with Gasteiger partial charge >= 0.3 is 0 Å². The van der Waals surface area contributed by atoms with E-state index in [1.165, 1.54) is 19.3 Å². The minimum atomic E-state index is 0.118. The third-order valence-electron chi connectivity index (χ3n) is 3.29. The summed E-state index contributed by atoms with van der Waals surface area (Å²) in [5, 5.41) is 3.42. The molecule has 0 aliphatic carbocycles. The Labute approximate surface area is 75.7 Å². The summed E-state index contributed by atoms with van der Waals surface area (Å²) in [5.74, 6) is 0.662. The van der Waals surface area contributed by atoms with Crippen molar-refractivity contribution in [3.63, 3.8) is 0 Å². The zero-order valence-corrected chi connectivity index (χ0v) is 8.52. The highest BCUT2D eigenvalue weighted by Crippen LogP contribution is 2.30. The van der Waals surface area contributed by atoms with Gasteiger partial charge in [0.05, 0.1) is 5.60 Å². The van der Waals surface area contributed by atoms with Crippen molar-refractivity contribution in [3.8, 4) is 0 Å². The molecule has 0 aromatic heterocycles. The number of ether oxygens (including phenoxy) is 1. The molecule has 0 spiro atoms. The van der Waals surface area contributed by atoms with Crippen LogP contribution in [0.5, 0.6) is 0 Å². The second-order valence-electron chi connectivity index (χ2n) is 3.86. The molecule has 1 aliphatic rings. The van der Waals surface area contributed by atoms with Crippen LogP contribution in [0.2, 0.25) is 0 Å². The molecule has 2 unspecified atom stereocenters. The second-order valence-corrected chi connectivity index (χ2v) is 3.86. The molecule has 1 saturated heterocycles.